The van der Waals surface area contributed by atoms with Crippen LogP contribution in [0.3, 0.4) is 0 Å². The van der Waals surface area contributed by atoms with Crippen molar-refractivity contribution in [1.82, 2.24) is 4.98 Å². The maximum Gasteiger partial charge on any atom is 0.237 e. The summed E-state index contributed by atoms with van der Waals surface area (Å²) in [5.41, 5.74) is 2.41. The van der Waals surface area contributed by atoms with Crippen LogP contribution in [0.4, 0.5) is 11.4 Å². The first-order valence-electron chi connectivity index (χ1n) is 7.30. The molecule has 1 aromatic carbocycles. The predicted octanol–water partition coefficient (Wildman–Crippen LogP) is 3.31. The third kappa shape index (κ3) is 3.56. The highest BCUT2D eigenvalue weighted by Crippen LogP contribution is 2.32. The number of carbonyl (C=O) groups excluding carboxylic acids is 2. The molecule has 2 aromatic rings. The predicted molar refractivity (Wildman–Crippen MR) is 94.2 cm³/mol. The van der Waals surface area contributed by atoms with E-state index in [-0.39, 0.29) is 17.9 Å². The SMILES string of the molecule is Cc1csc(SCC(=O)N2c3ccccc3NC(=O)C[C@H]2C)n1. The monoisotopic (exact) mass is 347 g/mol. The average molecular weight is 347 g/mol. The van der Waals surface area contributed by atoms with E-state index in [0.29, 0.717) is 17.9 Å². The molecule has 0 spiro atoms. The quantitative estimate of drug-likeness (QED) is 0.865. The number of thioether (sulfide) groups is 1. The number of nitrogens with zero attached hydrogens (tertiary/aromatic N) is 2. The summed E-state index contributed by atoms with van der Waals surface area (Å²) < 4.78 is 0.890. The topological polar surface area (TPSA) is 62.3 Å². The number of aryl methyl sites for hydroxylation is 1. The lowest BCUT2D eigenvalue weighted by molar-refractivity contribution is -0.117. The fourth-order valence-electron chi connectivity index (χ4n) is 2.56. The molecule has 0 saturated heterocycles. The molecule has 120 valence electrons. The number of fused-ring (bicyclic) bond motifs is 1. The summed E-state index contributed by atoms with van der Waals surface area (Å²) in [4.78, 5) is 30.8. The van der Waals surface area contributed by atoms with E-state index in [4.69, 9.17) is 0 Å². The summed E-state index contributed by atoms with van der Waals surface area (Å²) in [7, 11) is 0. The molecule has 1 atom stereocenters. The van der Waals surface area contributed by atoms with Crippen molar-refractivity contribution in [1.29, 1.82) is 0 Å². The Balaban J connectivity index is 1.81. The van der Waals surface area contributed by atoms with Gasteiger partial charge in [-0.05, 0) is 26.0 Å². The maximum absolute atomic E-state index is 12.8. The van der Waals surface area contributed by atoms with Crippen LogP contribution in [0.15, 0.2) is 34.0 Å². The van der Waals surface area contributed by atoms with Crippen LogP contribution in [0.2, 0.25) is 0 Å². The zero-order valence-electron chi connectivity index (χ0n) is 12.9. The molecule has 1 aliphatic rings. The summed E-state index contributed by atoms with van der Waals surface area (Å²) in [5, 5.41) is 4.84. The van der Waals surface area contributed by atoms with Gasteiger partial charge in [0.25, 0.3) is 0 Å². The molecule has 0 aliphatic carbocycles. The van der Waals surface area contributed by atoms with Gasteiger partial charge < -0.3 is 10.2 Å². The molecule has 2 amide bonds. The Labute approximate surface area is 143 Å². The maximum atomic E-state index is 12.8. The lowest BCUT2D eigenvalue weighted by Crippen LogP contribution is -2.40. The molecule has 1 aromatic heterocycles. The van der Waals surface area contributed by atoms with Crippen molar-refractivity contribution in [2.75, 3.05) is 16.0 Å². The molecule has 3 rings (SSSR count). The Morgan fingerprint density at radius 2 is 2.26 bits per heavy atom. The van der Waals surface area contributed by atoms with Gasteiger partial charge in [-0.1, -0.05) is 23.9 Å². The normalized spacial score (nSPS) is 17.4. The van der Waals surface area contributed by atoms with E-state index in [1.807, 2.05) is 43.5 Å². The van der Waals surface area contributed by atoms with Crippen molar-refractivity contribution in [3.05, 3.63) is 35.3 Å². The third-order valence-corrected chi connectivity index (χ3v) is 5.67. The van der Waals surface area contributed by atoms with E-state index in [2.05, 4.69) is 10.3 Å². The van der Waals surface area contributed by atoms with E-state index >= 15 is 0 Å². The third-order valence-electron chi connectivity index (χ3n) is 3.55. The van der Waals surface area contributed by atoms with E-state index in [9.17, 15) is 9.59 Å². The molecule has 0 saturated carbocycles. The van der Waals surface area contributed by atoms with E-state index in [0.717, 1.165) is 15.7 Å². The summed E-state index contributed by atoms with van der Waals surface area (Å²) >= 11 is 2.98. The highest BCUT2D eigenvalue weighted by molar-refractivity contribution is 8.01. The molecular formula is C16H17N3O2S2. The van der Waals surface area contributed by atoms with Gasteiger partial charge in [-0.2, -0.15) is 0 Å². The van der Waals surface area contributed by atoms with Crippen LogP contribution < -0.4 is 10.2 Å². The molecule has 0 fully saturated rings. The smallest absolute Gasteiger partial charge is 0.237 e. The summed E-state index contributed by atoms with van der Waals surface area (Å²) in [6.07, 6.45) is 0.293. The Kier molecular flexibility index (Phi) is 4.68. The van der Waals surface area contributed by atoms with Gasteiger partial charge in [-0.25, -0.2) is 4.98 Å². The van der Waals surface area contributed by atoms with Gasteiger partial charge in [0, 0.05) is 23.5 Å². The number of anilines is 2. The van der Waals surface area contributed by atoms with Gasteiger partial charge in [0.15, 0.2) is 4.34 Å². The summed E-state index contributed by atoms with van der Waals surface area (Å²) in [5.74, 6) is 0.225. The first-order valence-corrected chi connectivity index (χ1v) is 9.17. The Morgan fingerprint density at radius 3 is 3.00 bits per heavy atom. The molecule has 23 heavy (non-hydrogen) atoms. The number of hydrogen-bond acceptors (Lipinski definition) is 5. The first-order chi connectivity index (χ1) is 11.0. The molecular weight excluding hydrogens is 330 g/mol. The number of hydrogen-bond donors (Lipinski definition) is 1. The van der Waals surface area contributed by atoms with E-state index < -0.39 is 0 Å². The molecule has 0 unspecified atom stereocenters. The van der Waals surface area contributed by atoms with Crippen LogP contribution in [-0.2, 0) is 9.59 Å². The first kappa shape index (κ1) is 16.0. The second-order valence-corrected chi connectivity index (χ2v) is 7.51. The van der Waals surface area contributed by atoms with Gasteiger partial charge >= 0.3 is 0 Å². The van der Waals surface area contributed by atoms with E-state index in [1.165, 1.54) is 11.8 Å². The number of aromatic nitrogens is 1. The molecule has 5 nitrogen and oxygen atoms in total. The van der Waals surface area contributed by atoms with Crippen molar-refractivity contribution in [2.45, 2.75) is 30.6 Å². The molecule has 0 bridgehead atoms. The highest BCUT2D eigenvalue weighted by Gasteiger charge is 2.29. The van der Waals surface area contributed by atoms with Crippen LogP contribution in [0, 0.1) is 6.92 Å². The van der Waals surface area contributed by atoms with Crippen molar-refractivity contribution in [3.8, 4) is 0 Å². The Bertz CT molecular complexity index is 744. The van der Waals surface area contributed by atoms with Crippen LogP contribution >= 0.6 is 23.1 Å². The number of para-hydroxylation sites is 2. The van der Waals surface area contributed by atoms with Crippen molar-refractivity contribution >= 4 is 46.3 Å². The van der Waals surface area contributed by atoms with Gasteiger partial charge in [0.05, 0.1) is 17.1 Å². The zero-order valence-corrected chi connectivity index (χ0v) is 14.5. The van der Waals surface area contributed by atoms with Gasteiger partial charge in [-0.3, -0.25) is 9.59 Å². The van der Waals surface area contributed by atoms with Gasteiger partial charge in [0.2, 0.25) is 11.8 Å². The molecule has 7 heteroatoms. The highest BCUT2D eigenvalue weighted by atomic mass is 32.2. The lowest BCUT2D eigenvalue weighted by Gasteiger charge is -2.27. The number of amides is 2. The van der Waals surface area contributed by atoms with Crippen LogP contribution in [0.25, 0.3) is 0 Å². The number of rotatable bonds is 3. The van der Waals surface area contributed by atoms with Crippen LogP contribution in [0.1, 0.15) is 19.0 Å². The number of nitrogens with one attached hydrogen (secondary N) is 1. The van der Waals surface area contributed by atoms with Crippen molar-refractivity contribution in [3.63, 3.8) is 0 Å². The van der Waals surface area contributed by atoms with Crippen molar-refractivity contribution < 1.29 is 9.59 Å². The second kappa shape index (κ2) is 6.72. The number of carbonyl (C=O) groups is 2. The van der Waals surface area contributed by atoms with Crippen molar-refractivity contribution in [2.24, 2.45) is 0 Å². The van der Waals surface area contributed by atoms with Gasteiger partial charge in [-0.15, -0.1) is 11.3 Å². The largest absolute Gasteiger partial charge is 0.324 e. The van der Waals surface area contributed by atoms with Crippen LogP contribution in [0.5, 0.6) is 0 Å². The average Bonchev–Trinajstić information content (AvgIpc) is 2.86. The summed E-state index contributed by atoms with van der Waals surface area (Å²) in [6.45, 7) is 3.84. The fourth-order valence-corrected chi connectivity index (χ4v) is 4.27. The lowest BCUT2D eigenvalue weighted by atomic mass is 10.2. The molecule has 1 N–H and O–H groups in total. The summed E-state index contributed by atoms with van der Waals surface area (Å²) in [6, 6.07) is 7.24. The fraction of sp³-hybridized carbons (Fsp3) is 0.312. The van der Waals surface area contributed by atoms with E-state index in [1.54, 1.807) is 16.2 Å². The van der Waals surface area contributed by atoms with Crippen LogP contribution in [-0.4, -0.2) is 28.6 Å². The van der Waals surface area contributed by atoms with Gasteiger partial charge in [0.1, 0.15) is 0 Å². The zero-order chi connectivity index (χ0) is 16.4. The molecule has 2 heterocycles. The number of benzene rings is 1. The minimum atomic E-state index is -0.176. The molecule has 1 aliphatic heterocycles. The molecule has 0 radical (unpaired) electrons. The minimum Gasteiger partial charge on any atom is -0.324 e. The Hall–Kier alpha value is -1.86. The Morgan fingerprint density at radius 1 is 1.48 bits per heavy atom. The number of thiazole rings is 1. The second-order valence-electron chi connectivity index (χ2n) is 5.43. The minimum absolute atomic E-state index is 0.0145. The standard InChI is InChI=1S/C16H17N3O2S2/c1-10-8-22-16(17-10)23-9-15(21)19-11(2)7-14(20)18-12-5-3-4-6-13(12)19/h3-6,8,11H,7,9H2,1-2H3,(H,18,20)/t11-/m1/s1.